The first-order valence-corrected chi connectivity index (χ1v) is 8.56. The summed E-state index contributed by atoms with van der Waals surface area (Å²) in [6.07, 6.45) is 0. The van der Waals surface area contributed by atoms with E-state index in [9.17, 15) is 5.11 Å². The van der Waals surface area contributed by atoms with Crippen LogP contribution in [0.4, 0.5) is 0 Å². The average Bonchev–Trinajstić information content (AvgIpc) is 2.76. The van der Waals surface area contributed by atoms with Gasteiger partial charge in [-0.2, -0.15) is 0 Å². The molecule has 20 heavy (non-hydrogen) atoms. The molecule has 1 aromatic carbocycles. The summed E-state index contributed by atoms with van der Waals surface area (Å²) in [5.41, 5.74) is 3.14. The lowest BCUT2D eigenvalue weighted by Gasteiger charge is -2.15. The van der Waals surface area contributed by atoms with Gasteiger partial charge in [0.15, 0.2) is 0 Å². The zero-order valence-corrected chi connectivity index (χ0v) is 15.4. The third-order valence-electron chi connectivity index (χ3n) is 3.00. The smallest absolute Gasteiger partial charge is 0.130 e. The zero-order chi connectivity index (χ0) is 14.7. The second-order valence-corrected chi connectivity index (χ2v) is 7.43. The lowest BCUT2D eigenvalue weighted by molar-refractivity contribution is 0.276. The minimum Gasteiger partial charge on any atom is -0.390 e. The lowest BCUT2D eigenvalue weighted by atomic mass is 10.2. The fourth-order valence-corrected chi connectivity index (χ4v) is 4.09. The van der Waals surface area contributed by atoms with E-state index in [1.165, 1.54) is 22.7 Å². The Hall–Kier alpha value is 0.0700. The first-order chi connectivity index (χ1) is 9.60. The van der Waals surface area contributed by atoms with Crippen molar-refractivity contribution >= 4 is 58.1 Å². The highest BCUT2D eigenvalue weighted by Crippen LogP contribution is 2.36. The van der Waals surface area contributed by atoms with Crippen LogP contribution in [-0.4, -0.2) is 27.0 Å². The first kappa shape index (κ1) is 16.4. The van der Waals surface area contributed by atoms with Crippen molar-refractivity contribution in [3.63, 3.8) is 0 Å². The van der Waals surface area contributed by atoms with Gasteiger partial charge in [0.25, 0.3) is 0 Å². The predicted molar refractivity (Wildman–Crippen MR) is 94.9 cm³/mol. The molecule has 110 valence electrons. The second-order valence-electron chi connectivity index (χ2n) is 4.46. The standard InChI is InChI=1S/C13H17IN2O2S2/c1-4-15(3)19-12-6-9(2)5-10-7-11(8-17)16(13(10)12)20-18-14/h5-7,17H,4,8H2,1-3H3. The van der Waals surface area contributed by atoms with Crippen molar-refractivity contribution in [2.24, 2.45) is 0 Å². The van der Waals surface area contributed by atoms with Crippen LogP contribution in [0, 0.1) is 6.92 Å². The van der Waals surface area contributed by atoms with E-state index in [0.717, 1.165) is 23.1 Å². The van der Waals surface area contributed by atoms with Crippen LogP contribution in [0.3, 0.4) is 0 Å². The zero-order valence-electron chi connectivity index (χ0n) is 11.6. The SMILES string of the molecule is CCN(C)Sc1cc(C)cc2cc(CO)n(SOI)c12. The van der Waals surface area contributed by atoms with Crippen molar-refractivity contribution < 1.29 is 7.62 Å². The largest absolute Gasteiger partial charge is 0.390 e. The van der Waals surface area contributed by atoms with E-state index in [1.54, 1.807) is 11.9 Å². The van der Waals surface area contributed by atoms with E-state index in [0.29, 0.717) is 0 Å². The summed E-state index contributed by atoms with van der Waals surface area (Å²) in [5, 5.41) is 10.7. The van der Waals surface area contributed by atoms with Gasteiger partial charge in [-0.1, -0.05) is 6.92 Å². The molecule has 0 radical (unpaired) electrons. The van der Waals surface area contributed by atoms with Crippen LogP contribution in [0.5, 0.6) is 0 Å². The summed E-state index contributed by atoms with van der Waals surface area (Å²) in [7, 11) is 2.07. The van der Waals surface area contributed by atoms with E-state index in [1.807, 2.05) is 33.0 Å². The van der Waals surface area contributed by atoms with Crippen LogP contribution in [0.25, 0.3) is 10.9 Å². The third-order valence-corrected chi connectivity index (χ3v) is 5.18. The number of hydrogen-bond acceptors (Lipinski definition) is 5. The van der Waals surface area contributed by atoms with Crippen molar-refractivity contribution in [2.45, 2.75) is 25.3 Å². The molecule has 0 saturated carbocycles. The number of aliphatic hydroxyl groups excluding tert-OH is 1. The van der Waals surface area contributed by atoms with Crippen LogP contribution in [0.2, 0.25) is 0 Å². The van der Waals surface area contributed by atoms with E-state index in [4.69, 9.17) is 2.51 Å². The van der Waals surface area contributed by atoms with E-state index < -0.39 is 0 Å². The number of benzene rings is 1. The Morgan fingerprint density at radius 2 is 2.15 bits per heavy atom. The number of fused-ring (bicyclic) bond motifs is 1. The van der Waals surface area contributed by atoms with Gasteiger partial charge in [-0.25, -0.2) is 6.82 Å². The molecule has 2 rings (SSSR count). The molecule has 4 nitrogen and oxygen atoms in total. The molecular formula is C13H17IN2O2S2. The molecule has 2 aromatic rings. The Labute approximate surface area is 142 Å². The molecular weight excluding hydrogens is 407 g/mol. The number of nitrogens with zero attached hydrogens (tertiary/aromatic N) is 2. The van der Waals surface area contributed by atoms with Gasteiger partial charge in [0, 0.05) is 16.8 Å². The van der Waals surface area contributed by atoms with Gasteiger partial charge >= 0.3 is 0 Å². The Balaban J connectivity index is 2.61. The molecule has 1 heterocycles. The molecule has 0 atom stereocenters. The number of aromatic nitrogens is 1. The number of halogens is 1. The van der Waals surface area contributed by atoms with Crippen molar-refractivity contribution in [2.75, 3.05) is 13.6 Å². The molecule has 1 N–H and O–H groups in total. The fourth-order valence-electron chi connectivity index (χ4n) is 2.01. The maximum absolute atomic E-state index is 9.52. The molecule has 0 amide bonds. The summed E-state index contributed by atoms with van der Waals surface area (Å²) < 4.78 is 9.30. The number of aliphatic hydroxyl groups is 1. The van der Waals surface area contributed by atoms with Crippen molar-refractivity contribution in [1.82, 2.24) is 8.28 Å². The Morgan fingerprint density at radius 1 is 1.40 bits per heavy atom. The molecule has 0 aliphatic heterocycles. The third kappa shape index (κ3) is 3.45. The van der Waals surface area contributed by atoms with Crippen LogP contribution >= 0.6 is 47.2 Å². The Kier molecular flexibility index (Phi) is 6.06. The Bertz CT molecular complexity index is 604. The van der Waals surface area contributed by atoms with E-state index in [-0.39, 0.29) is 6.61 Å². The van der Waals surface area contributed by atoms with Crippen LogP contribution in [0.1, 0.15) is 18.2 Å². The monoisotopic (exact) mass is 424 g/mol. The molecule has 0 saturated heterocycles. The summed E-state index contributed by atoms with van der Waals surface area (Å²) >= 11 is 4.79. The quantitative estimate of drug-likeness (QED) is 0.428. The van der Waals surface area contributed by atoms with Crippen LogP contribution < -0.4 is 0 Å². The summed E-state index contributed by atoms with van der Waals surface area (Å²) in [6.45, 7) is 5.17. The van der Waals surface area contributed by atoms with Crippen LogP contribution in [0.15, 0.2) is 23.1 Å². The highest BCUT2D eigenvalue weighted by atomic mass is 127. The molecule has 0 bridgehead atoms. The topological polar surface area (TPSA) is 37.6 Å². The van der Waals surface area contributed by atoms with Gasteiger partial charge in [0.1, 0.15) is 35.2 Å². The van der Waals surface area contributed by atoms with Crippen molar-refractivity contribution in [3.05, 3.63) is 29.5 Å². The Morgan fingerprint density at radius 3 is 2.75 bits per heavy atom. The highest BCUT2D eigenvalue weighted by molar-refractivity contribution is 14.1. The van der Waals surface area contributed by atoms with Gasteiger partial charge in [-0.3, -0.25) is 3.97 Å². The van der Waals surface area contributed by atoms with Crippen molar-refractivity contribution in [3.8, 4) is 0 Å². The molecule has 7 heteroatoms. The number of hydrogen-bond donors (Lipinski definition) is 1. The summed E-state index contributed by atoms with van der Waals surface area (Å²) in [5.74, 6) is 0. The normalized spacial score (nSPS) is 11.7. The van der Waals surface area contributed by atoms with Gasteiger partial charge in [-0.05, 0) is 49.7 Å². The number of rotatable bonds is 6. The average molecular weight is 424 g/mol. The van der Waals surface area contributed by atoms with Gasteiger partial charge in [0.05, 0.1) is 17.8 Å². The lowest BCUT2D eigenvalue weighted by Crippen LogP contribution is -2.07. The van der Waals surface area contributed by atoms with Gasteiger partial charge in [0.2, 0.25) is 0 Å². The maximum Gasteiger partial charge on any atom is 0.130 e. The fraction of sp³-hybridized carbons (Fsp3) is 0.385. The maximum atomic E-state index is 9.52. The second kappa shape index (κ2) is 7.37. The minimum absolute atomic E-state index is 0.00550. The molecule has 0 spiro atoms. The molecule has 1 aromatic heterocycles. The molecule has 0 fully saturated rings. The van der Waals surface area contributed by atoms with E-state index in [2.05, 4.69) is 37.3 Å². The minimum atomic E-state index is -0.00550. The molecule has 0 aliphatic rings. The first-order valence-electron chi connectivity index (χ1n) is 6.21. The molecule has 0 aliphatic carbocycles. The van der Waals surface area contributed by atoms with Gasteiger partial charge in [-0.15, -0.1) is 0 Å². The summed E-state index contributed by atoms with van der Waals surface area (Å²) in [4.78, 5) is 1.17. The highest BCUT2D eigenvalue weighted by Gasteiger charge is 2.15. The molecule has 0 unspecified atom stereocenters. The van der Waals surface area contributed by atoms with E-state index >= 15 is 0 Å². The number of aryl methyl sites for hydroxylation is 1. The summed E-state index contributed by atoms with van der Waals surface area (Å²) in [6, 6.07) is 6.32. The van der Waals surface area contributed by atoms with Crippen molar-refractivity contribution in [1.29, 1.82) is 0 Å². The predicted octanol–water partition coefficient (Wildman–Crippen LogP) is 4.18. The van der Waals surface area contributed by atoms with Gasteiger partial charge < -0.3 is 5.11 Å². The van der Waals surface area contributed by atoms with Crippen LogP contribution in [-0.2, 0) is 9.12 Å².